The van der Waals surface area contributed by atoms with Crippen LogP contribution < -0.4 is 16.0 Å². The first-order chi connectivity index (χ1) is 13.2. The number of aromatic amines is 2. The van der Waals surface area contributed by atoms with Gasteiger partial charge in [0, 0.05) is 11.6 Å². The molecule has 0 amide bonds. The molecule has 6 nitrogen and oxygen atoms in total. The minimum atomic E-state index is -0.518. The van der Waals surface area contributed by atoms with Gasteiger partial charge in [-0.15, -0.1) is 0 Å². The van der Waals surface area contributed by atoms with Crippen molar-refractivity contribution in [2.24, 2.45) is 11.8 Å². The Morgan fingerprint density at radius 3 is 2.85 bits per heavy atom. The van der Waals surface area contributed by atoms with E-state index in [-0.39, 0.29) is 0 Å². The first-order valence-electron chi connectivity index (χ1n) is 9.82. The molecule has 2 aromatic heterocycles. The van der Waals surface area contributed by atoms with Gasteiger partial charge >= 0.3 is 5.69 Å². The van der Waals surface area contributed by atoms with E-state index in [1.54, 1.807) is 0 Å². The van der Waals surface area contributed by atoms with Gasteiger partial charge in [0.2, 0.25) is 0 Å². The molecule has 0 bridgehead atoms. The number of benzene rings is 1. The average Bonchev–Trinajstić information content (AvgIpc) is 3.12. The van der Waals surface area contributed by atoms with Crippen LogP contribution in [0.2, 0.25) is 0 Å². The van der Waals surface area contributed by atoms with E-state index in [0.717, 1.165) is 11.3 Å². The SMILES string of the molecule is CCCCC1CCC(COc2cccc3c2ncc2c(=O)[nH]c(=O)[nH]c23)C1. The molecule has 1 fully saturated rings. The number of aromatic nitrogens is 3. The second-order valence-electron chi connectivity index (χ2n) is 7.61. The molecule has 2 atom stereocenters. The first kappa shape index (κ1) is 17.8. The summed E-state index contributed by atoms with van der Waals surface area (Å²) in [5.41, 5.74) is 0.223. The zero-order valence-corrected chi connectivity index (χ0v) is 15.6. The number of hydrogen-bond acceptors (Lipinski definition) is 4. The molecule has 27 heavy (non-hydrogen) atoms. The topological polar surface area (TPSA) is 87.8 Å². The number of nitrogens with one attached hydrogen (secondary N) is 2. The van der Waals surface area contributed by atoms with Gasteiger partial charge in [0.15, 0.2) is 0 Å². The molecule has 0 saturated heterocycles. The van der Waals surface area contributed by atoms with Crippen molar-refractivity contribution in [1.82, 2.24) is 15.0 Å². The van der Waals surface area contributed by atoms with E-state index < -0.39 is 11.2 Å². The molecule has 6 heteroatoms. The Balaban J connectivity index is 1.57. The Morgan fingerprint density at radius 1 is 1.15 bits per heavy atom. The molecule has 1 saturated carbocycles. The number of unbranched alkanes of at least 4 members (excludes halogenated alkanes) is 1. The molecule has 142 valence electrons. The van der Waals surface area contributed by atoms with Gasteiger partial charge in [-0.05, 0) is 30.7 Å². The van der Waals surface area contributed by atoms with Gasteiger partial charge in [-0.2, -0.15) is 0 Å². The predicted molar refractivity (Wildman–Crippen MR) is 106 cm³/mol. The zero-order valence-electron chi connectivity index (χ0n) is 15.6. The van der Waals surface area contributed by atoms with Gasteiger partial charge in [-0.3, -0.25) is 14.8 Å². The molecule has 2 unspecified atom stereocenters. The summed E-state index contributed by atoms with van der Waals surface area (Å²) in [7, 11) is 0. The van der Waals surface area contributed by atoms with Crippen LogP contribution in [0.25, 0.3) is 21.8 Å². The zero-order chi connectivity index (χ0) is 18.8. The van der Waals surface area contributed by atoms with Crippen LogP contribution in [0.1, 0.15) is 45.4 Å². The molecular formula is C21H25N3O3. The quantitative estimate of drug-likeness (QED) is 0.650. The fraction of sp³-hybridized carbons (Fsp3) is 0.476. The van der Waals surface area contributed by atoms with Crippen molar-refractivity contribution in [1.29, 1.82) is 0 Å². The lowest BCUT2D eigenvalue weighted by atomic mass is 9.99. The summed E-state index contributed by atoms with van der Waals surface area (Å²) < 4.78 is 6.12. The number of rotatable bonds is 6. The Bertz CT molecular complexity index is 1070. The Morgan fingerprint density at radius 2 is 2.00 bits per heavy atom. The summed E-state index contributed by atoms with van der Waals surface area (Å²) >= 11 is 0. The number of fused-ring (bicyclic) bond motifs is 3. The molecule has 0 spiro atoms. The molecule has 2 N–H and O–H groups in total. The van der Waals surface area contributed by atoms with E-state index >= 15 is 0 Å². The molecule has 4 rings (SSSR count). The van der Waals surface area contributed by atoms with Gasteiger partial charge in [0.05, 0.1) is 17.5 Å². The van der Waals surface area contributed by atoms with E-state index in [1.165, 1.54) is 44.7 Å². The van der Waals surface area contributed by atoms with Crippen molar-refractivity contribution >= 4 is 21.8 Å². The van der Waals surface area contributed by atoms with Gasteiger partial charge in [0.25, 0.3) is 5.56 Å². The van der Waals surface area contributed by atoms with Crippen LogP contribution in [0.3, 0.4) is 0 Å². The number of pyridine rings is 1. The van der Waals surface area contributed by atoms with Crippen LogP contribution in [0.5, 0.6) is 5.75 Å². The molecule has 1 aliphatic rings. The maximum Gasteiger partial charge on any atom is 0.326 e. The lowest BCUT2D eigenvalue weighted by Gasteiger charge is -2.14. The molecule has 1 aromatic carbocycles. The third-order valence-corrected chi connectivity index (χ3v) is 5.66. The summed E-state index contributed by atoms with van der Waals surface area (Å²) in [6, 6.07) is 5.62. The van der Waals surface area contributed by atoms with Gasteiger partial charge in [0.1, 0.15) is 11.3 Å². The molecule has 3 aromatic rings. The first-order valence-corrected chi connectivity index (χ1v) is 9.82. The Hall–Kier alpha value is -2.63. The molecule has 0 aliphatic heterocycles. The second kappa shape index (κ2) is 7.55. The number of ether oxygens (including phenoxy) is 1. The van der Waals surface area contributed by atoms with Crippen LogP contribution in [0.4, 0.5) is 0 Å². The van der Waals surface area contributed by atoms with Crippen molar-refractivity contribution in [3.05, 3.63) is 45.2 Å². The van der Waals surface area contributed by atoms with Crippen LogP contribution in [-0.4, -0.2) is 21.6 Å². The highest BCUT2D eigenvalue weighted by molar-refractivity contribution is 6.04. The van der Waals surface area contributed by atoms with Crippen LogP contribution in [0.15, 0.2) is 34.0 Å². The van der Waals surface area contributed by atoms with Crippen LogP contribution >= 0.6 is 0 Å². The van der Waals surface area contributed by atoms with Crippen molar-refractivity contribution < 1.29 is 4.74 Å². The van der Waals surface area contributed by atoms with Gasteiger partial charge < -0.3 is 9.72 Å². The Kier molecular flexibility index (Phi) is 4.97. The smallest absolute Gasteiger partial charge is 0.326 e. The summed E-state index contributed by atoms with van der Waals surface area (Å²) in [6.45, 7) is 2.93. The highest BCUT2D eigenvalue weighted by Crippen LogP contribution is 2.35. The van der Waals surface area contributed by atoms with Crippen molar-refractivity contribution in [3.63, 3.8) is 0 Å². The molecule has 2 heterocycles. The molecular weight excluding hydrogens is 342 g/mol. The highest BCUT2D eigenvalue weighted by atomic mass is 16.5. The van der Waals surface area contributed by atoms with Crippen molar-refractivity contribution in [2.75, 3.05) is 6.61 Å². The van der Waals surface area contributed by atoms with Crippen molar-refractivity contribution in [3.8, 4) is 5.75 Å². The highest BCUT2D eigenvalue weighted by Gasteiger charge is 2.25. The maximum absolute atomic E-state index is 12.0. The summed E-state index contributed by atoms with van der Waals surface area (Å²) in [6.07, 6.45) is 9.17. The second-order valence-corrected chi connectivity index (χ2v) is 7.61. The lowest BCUT2D eigenvalue weighted by molar-refractivity contribution is 0.249. The third-order valence-electron chi connectivity index (χ3n) is 5.66. The summed E-state index contributed by atoms with van der Waals surface area (Å²) in [5, 5.41) is 1.09. The number of H-pyrrole nitrogens is 2. The fourth-order valence-electron chi connectivity index (χ4n) is 4.23. The lowest BCUT2D eigenvalue weighted by Crippen LogP contribution is -2.22. The largest absolute Gasteiger partial charge is 0.491 e. The normalized spacial score (nSPS) is 19.7. The van der Waals surface area contributed by atoms with E-state index in [4.69, 9.17) is 4.74 Å². The monoisotopic (exact) mass is 367 g/mol. The van der Waals surface area contributed by atoms with E-state index in [9.17, 15) is 9.59 Å². The van der Waals surface area contributed by atoms with Crippen LogP contribution in [-0.2, 0) is 0 Å². The standard InChI is InChI=1S/C21H25N3O3/c1-2-3-5-13-8-9-14(10-13)12-27-17-7-4-6-15-18-16(11-22-19(15)17)20(25)24-21(26)23-18/h4,6-7,11,13-14H,2-3,5,8-10,12H2,1H3,(H2,23,24,25,26). The fourth-order valence-corrected chi connectivity index (χ4v) is 4.23. The molecule has 1 aliphatic carbocycles. The van der Waals surface area contributed by atoms with E-state index in [2.05, 4.69) is 21.9 Å². The van der Waals surface area contributed by atoms with Crippen LogP contribution in [0, 0.1) is 11.8 Å². The number of nitrogens with zero attached hydrogens (tertiary/aromatic N) is 1. The minimum Gasteiger partial charge on any atom is -0.491 e. The average molecular weight is 367 g/mol. The summed E-state index contributed by atoms with van der Waals surface area (Å²) in [4.78, 5) is 33.0. The van der Waals surface area contributed by atoms with E-state index in [1.807, 2.05) is 18.2 Å². The van der Waals surface area contributed by atoms with Crippen molar-refractivity contribution in [2.45, 2.75) is 45.4 Å². The predicted octanol–water partition coefficient (Wildman–Crippen LogP) is 3.75. The number of hydrogen-bond donors (Lipinski definition) is 2. The Labute approximate surface area is 157 Å². The maximum atomic E-state index is 12.0. The summed E-state index contributed by atoms with van der Waals surface area (Å²) in [5.74, 6) is 2.13. The minimum absolute atomic E-state index is 0.369. The molecule has 0 radical (unpaired) electrons. The van der Waals surface area contributed by atoms with Gasteiger partial charge in [-0.25, -0.2) is 4.79 Å². The third kappa shape index (κ3) is 3.61. The number of para-hydroxylation sites is 1. The van der Waals surface area contributed by atoms with Gasteiger partial charge in [-0.1, -0.05) is 44.7 Å². The van der Waals surface area contributed by atoms with E-state index in [0.29, 0.717) is 34.7 Å².